The summed E-state index contributed by atoms with van der Waals surface area (Å²) in [7, 11) is -2.05. The molecule has 0 spiro atoms. The number of rotatable bonds is 12. The molecule has 0 aliphatic carbocycles. The molecule has 5 heterocycles. The van der Waals surface area contributed by atoms with Crippen molar-refractivity contribution >= 4 is 41.0 Å². The van der Waals surface area contributed by atoms with E-state index in [-0.39, 0.29) is 22.3 Å². The van der Waals surface area contributed by atoms with E-state index in [1.54, 1.807) is 85.2 Å². The van der Waals surface area contributed by atoms with Gasteiger partial charge >= 0.3 is 0 Å². The molecule has 324 valence electrons. The molecule has 0 aliphatic heterocycles. The van der Waals surface area contributed by atoms with E-state index in [1.165, 1.54) is 6.07 Å². The first-order valence-corrected chi connectivity index (χ1v) is 25.8. The first kappa shape index (κ1) is 33.6. The lowest BCUT2D eigenvalue weighted by molar-refractivity contribution is 0.931. The summed E-state index contributed by atoms with van der Waals surface area (Å²) in [6.45, 7) is 6.65. The van der Waals surface area contributed by atoms with Gasteiger partial charge < -0.3 is 0 Å². The zero-order chi connectivity index (χ0) is 52.5. The second-order valence-corrected chi connectivity index (χ2v) is 22.5. The number of hydrogen-bond acceptors (Lipinski definition) is 5. The van der Waals surface area contributed by atoms with Crippen molar-refractivity contribution in [1.82, 2.24) is 29.5 Å². The summed E-state index contributed by atoms with van der Waals surface area (Å²) in [6, 6.07) is 54.3. The Bertz CT molecular complexity index is 3800. The predicted octanol–water partition coefficient (Wildman–Crippen LogP) is 13.7. The Labute approximate surface area is 404 Å². The number of benzene rings is 6. The Balaban J connectivity index is 1.09. The van der Waals surface area contributed by atoms with E-state index in [1.807, 2.05) is 95.6 Å². The summed E-state index contributed by atoms with van der Waals surface area (Å²) in [4.78, 5) is 19.0. The van der Waals surface area contributed by atoms with Crippen LogP contribution >= 0.6 is 0 Å². The zero-order valence-corrected chi connectivity index (χ0v) is 38.2. The molecule has 6 nitrogen and oxygen atoms in total. The van der Waals surface area contributed by atoms with Crippen LogP contribution in [0.25, 0.3) is 83.3 Å². The third kappa shape index (κ3) is 8.58. The van der Waals surface area contributed by atoms with Crippen LogP contribution in [0.3, 0.4) is 0 Å². The molecule has 7 heteroatoms. The molecule has 11 aromatic rings. The lowest BCUT2D eigenvalue weighted by Crippen LogP contribution is -2.40. The molecule has 0 N–H and O–H groups in total. The highest BCUT2D eigenvalue weighted by molar-refractivity contribution is 6.87. The third-order valence-corrected chi connectivity index (χ3v) is 13.4. The zero-order valence-electron chi connectivity index (χ0n) is 45.2. The summed E-state index contributed by atoms with van der Waals surface area (Å²) in [5, 5.41) is 6.88. The van der Waals surface area contributed by atoms with Crippen LogP contribution in [0.2, 0.25) is 19.6 Å². The predicted molar refractivity (Wildman–Crippen MR) is 279 cm³/mol. The molecule has 0 saturated heterocycles. The Morgan fingerprint density at radius 2 is 0.985 bits per heavy atom. The Morgan fingerprint density at radius 3 is 1.57 bits per heavy atom. The Hall–Kier alpha value is -7.87. The second kappa shape index (κ2) is 17.8. The maximum absolute atomic E-state index is 9.72. The van der Waals surface area contributed by atoms with Gasteiger partial charge in [0.1, 0.15) is 19.0 Å². The van der Waals surface area contributed by atoms with Gasteiger partial charge in [0, 0.05) is 57.0 Å². The van der Waals surface area contributed by atoms with Gasteiger partial charge in [0.2, 0.25) is 0 Å². The van der Waals surface area contributed by atoms with Crippen LogP contribution in [0.4, 0.5) is 0 Å². The Kier molecular flexibility index (Phi) is 8.94. The van der Waals surface area contributed by atoms with Crippen LogP contribution in [0.15, 0.2) is 201 Å². The van der Waals surface area contributed by atoms with Crippen molar-refractivity contribution < 1.29 is 11.0 Å². The molecule has 0 aliphatic rings. The summed E-state index contributed by atoms with van der Waals surface area (Å²) in [6.07, 6.45) is -5.73. The number of nitrogens with zero attached hydrogens (tertiary/aromatic N) is 6. The molecule has 6 aromatic carbocycles. The van der Waals surface area contributed by atoms with Gasteiger partial charge in [0.25, 0.3) is 0 Å². The van der Waals surface area contributed by atoms with Crippen molar-refractivity contribution in [3.63, 3.8) is 0 Å². The third-order valence-electron chi connectivity index (χ3n) is 11.9. The minimum absolute atomic E-state index is 0.0667. The Morgan fingerprint density at radius 1 is 0.433 bits per heavy atom. The molecular formula is C60H50N6Si. The molecule has 67 heavy (non-hydrogen) atoms. The van der Waals surface area contributed by atoms with Gasteiger partial charge in [-0.3, -0.25) is 15.0 Å². The molecule has 5 aromatic heterocycles. The minimum Gasteiger partial charge on any atom is -0.256 e. The van der Waals surface area contributed by atoms with Gasteiger partial charge in [-0.2, -0.15) is 5.10 Å². The van der Waals surface area contributed by atoms with Gasteiger partial charge in [-0.1, -0.05) is 165 Å². The van der Waals surface area contributed by atoms with E-state index >= 15 is 0 Å². The minimum atomic E-state index is -2.78. The van der Waals surface area contributed by atoms with Gasteiger partial charge in [-0.15, -0.1) is 0 Å². The molecule has 0 radical (unpaired) electrons. The molecule has 0 amide bonds. The van der Waals surface area contributed by atoms with Crippen LogP contribution in [0.5, 0.6) is 0 Å². The fraction of sp³-hybridized carbons (Fsp3) is 0.117. The van der Waals surface area contributed by atoms with E-state index in [2.05, 4.69) is 47.8 Å². The lowest BCUT2D eigenvalue weighted by atomic mass is 9.89. The van der Waals surface area contributed by atoms with E-state index < -0.39 is 33.6 Å². The highest BCUT2D eigenvalue weighted by atomic mass is 28.3. The van der Waals surface area contributed by atoms with E-state index in [0.717, 1.165) is 60.6 Å². The average molecular weight is 891 g/mol. The van der Waals surface area contributed by atoms with Crippen LogP contribution in [-0.2, 0) is 25.5 Å². The lowest BCUT2D eigenvalue weighted by Gasteiger charge is -2.16. The fourth-order valence-electron chi connectivity index (χ4n) is 8.50. The number of pyridine rings is 4. The highest BCUT2D eigenvalue weighted by Gasteiger charge is 2.26. The number of aromatic nitrogens is 6. The SMILES string of the molecule is [2H]C([2H])(c1ccc(-c2ccccn2)cc1)C([2H])([2H])c1cc(-c2ccccc2-c2ccc3c(c2)c2nc([Si](C)(C)C)nn2c2c(-c4ccccc4)ccnc32)cc(C([2H])([2H])C([2H])([2H])c2ccc(-c3ccccn3)cc2)c1. The summed E-state index contributed by atoms with van der Waals surface area (Å²) in [5.41, 5.74) is 10.2. The summed E-state index contributed by atoms with van der Waals surface area (Å²) in [5.74, 6) is 0. The second-order valence-electron chi connectivity index (χ2n) is 17.5. The molecule has 0 saturated carbocycles. The van der Waals surface area contributed by atoms with Gasteiger partial charge in [0.05, 0.1) is 16.9 Å². The molecule has 0 bridgehead atoms. The van der Waals surface area contributed by atoms with Crippen molar-refractivity contribution in [2.24, 2.45) is 0 Å². The molecular weight excluding hydrogens is 833 g/mol. The smallest absolute Gasteiger partial charge is 0.163 e. The maximum Gasteiger partial charge on any atom is 0.163 e. The number of aryl methyl sites for hydroxylation is 4. The topological polar surface area (TPSA) is 68.9 Å². The quantitative estimate of drug-likeness (QED) is 0.0903. The van der Waals surface area contributed by atoms with Crippen LogP contribution in [0, 0.1) is 0 Å². The fourth-order valence-corrected chi connectivity index (χ4v) is 9.34. The van der Waals surface area contributed by atoms with Crippen molar-refractivity contribution in [3.8, 4) is 55.9 Å². The average Bonchev–Trinajstić information content (AvgIpc) is 3.91. The van der Waals surface area contributed by atoms with Crippen molar-refractivity contribution in [1.29, 1.82) is 0 Å². The summed E-state index contributed by atoms with van der Waals surface area (Å²) < 4.78 is 78.8. The number of fused-ring (bicyclic) bond motifs is 6. The maximum atomic E-state index is 9.72. The van der Waals surface area contributed by atoms with Crippen molar-refractivity contribution in [3.05, 3.63) is 223 Å². The molecule has 11 rings (SSSR count). The highest BCUT2D eigenvalue weighted by Crippen LogP contribution is 2.39. The van der Waals surface area contributed by atoms with Gasteiger partial charge in [-0.05, 0) is 112 Å². The van der Waals surface area contributed by atoms with Gasteiger partial charge in [0.15, 0.2) is 5.65 Å². The van der Waals surface area contributed by atoms with Crippen LogP contribution in [-0.4, -0.2) is 37.6 Å². The first-order chi connectivity index (χ1) is 35.8. The largest absolute Gasteiger partial charge is 0.256 e. The monoisotopic (exact) mass is 890 g/mol. The van der Waals surface area contributed by atoms with Crippen molar-refractivity contribution in [2.75, 3.05) is 0 Å². The molecule has 0 atom stereocenters. The van der Waals surface area contributed by atoms with E-state index in [0.29, 0.717) is 28.2 Å². The summed E-state index contributed by atoms with van der Waals surface area (Å²) >= 11 is 0. The number of hydrogen-bond donors (Lipinski definition) is 0. The van der Waals surface area contributed by atoms with E-state index in [4.69, 9.17) is 15.1 Å². The molecule has 0 unspecified atom stereocenters. The van der Waals surface area contributed by atoms with Gasteiger partial charge in [-0.25, -0.2) is 9.50 Å². The van der Waals surface area contributed by atoms with E-state index in [9.17, 15) is 11.0 Å². The van der Waals surface area contributed by atoms with Crippen LogP contribution in [0.1, 0.15) is 33.2 Å². The molecule has 0 fully saturated rings. The first-order valence-electron chi connectivity index (χ1n) is 26.3. The van der Waals surface area contributed by atoms with Crippen LogP contribution < -0.4 is 5.45 Å². The van der Waals surface area contributed by atoms with Crippen molar-refractivity contribution in [2.45, 2.75) is 45.1 Å². The normalized spacial score (nSPS) is 14.4. The standard InChI is InChI=1S/C60H50N6Si/c1-67(2,3)60-64-59-54-40-48(31-32-53(54)57-58(66(59)65-60)52(33-36-63-57)45-13-5-4-6-14-45)50-15-7-8-16-51(50)49-38-43(21-19-41-23-27-46(28-24-41)55-17-9-11-34-61-55)37-44(39-49)22-20-42-25-29-47(30-26-42)56-18-10-12-35-62-56/h4-18,23-40H,19-22H2,1-3H3/i19D2,20D2,21D2,22D2.